The Bertz CT molecular complexity index is 139. The van der Waals surface area contributed by atoms with Gasteiger partial charge in [0.15, 0.2) is 0 Å². The molecule has 2 atom stereocenters. The van der Waals surface area contributed by atoms with Crippen LogP contribution in [0.25, 0.3) is 0 Å². The van der Waals surface area contributed by atoms with Gasteiger partial charge in [0, 0.05) is 26.1 Å². The number of terminal acetylenes is 1. The molecule has 0 aromatic heterocycles. The van der Waals surface area contributed by atoms with E-state index in [1.165, 1.54) is 0 Å². The van der Waals surface area contributed by atoms with E-state index < -0.39 is 0 Å². The summed E-state index contributed by atoms with van der Waals surface area (Å²) in [4.78, 5) is 0. The molecule has 0 radical (unpaired) electrons. The van der Waals surface area contributed by atoms with Gasteiger partial charge < -0.3 is 10.1 Å². The number of nitrogens with one attached hydrogen (secondary N) is 1. The number of hydrogen-bond acceptors (Lipinski definition) is 2. The van der Waals surface area contributed by atoms with Gasteiger partial charge in [0.25, 0.3) is 0 Å². The van der Waals surface area contributed by atoms with E-state index in [0.717, 1.165) is 19.4 Å². The Labute approximate surface area is 75.7 Å². The second-order valence-corrected chi connectivity index (χ2v) is 2.97. The van der Waals surface area contributed by atoms with E-state index in [0.29, 0.717) is 6.04 Å². The van der Waals surface area contributed by atoms with Crippen LogP contribution in [0.2, 0.25) is 0 Å². The number of methoxy groups -OCH3 is 1. The van der Waals surface area contributed by atoms with Gasteiger partial charge in [-0.25, -0.2) is 0 Å². The van der Waals surface area contributed by atoms with Crippen molar-refractivity contribution in [3.8, 4) is 12.3 Å². The van der Waals surface area contributed by atoms with E-state index in [1.54, 1.807) is 7.11 Å². The van der Waals surface area contributed by atoms with Crippen molar-refractivity contribution in [1.82, 2.24) is 5.32 Å². The Kier molecular flexibility index (Phi) is 6.84. The van der Waals surface area contributed by atoms with E-state index >= 15 is 0 Å². The standard InChI is InChI=1S/C10H19NO/c1-5-7-10(6-2)11-8-9(3)12-4/h1,9-11H,6-8H2,2-4H3. The molecule has 0 heterocycles. The molecular weight excluding hydrogens is 150 g/mol. The van der Waals surface area contributed by atoms with Gasteiger partial charge in [-0.1, -0.05) is 6.92 Å². The molecule has 0 spiro atoms. The lowest BCUT2D eigenvalue weighted by Crippen LogP contribution is -2.34. The quantitative estimate of drug-likeness (QED) is 0.607. The zero-order valence-corrected chi connectivity index (χ0v) is 8.26. The normalized spacial score (nSPS) is 15.2. The van der Waals surface area contributed by atoms with Gasteiger partial charge in [0.2, 0.25) is 0 Å². The predicted molar refractivity (Wildman–Crippen MR) is 52.0 cm³/mol. The van der Waals surface area contributed by atoms with Crippen LogP contribution in [0.4, 0.5) is 0 Å². The van der Waals surface area contributed by atoms with Gasteiger partial charge in [-0.15, -0.1) is 12.3 Å². The summed E-state index contributed by atoms with van der Waals surface area (Å²) >= 11 is 0. The van der Waals surface area contributed by atoms with Crippen molar-refractivity contribution in [2.45, 2.75) is 38.8 Å². The van der Waals surface area contributed by atoms with Crippen LogP contribution in [0.5, 0.6) is 0 Å². The van der Waals surface area contributed by atoms with Crippen LogP contribution in [0.1, 0.15) is 26.7 Å². The van der Waals surface area contributed by atoms with Gasteiger partial charge in [-0.2, -0.15) is 0 Å². The molecule has 0 saturated heterocycles. The van der Waals surface area contributed by atoms with E-state index in [4.69, 9.17) is 11.2 Å². The largest absolute Gasteiger partial charge is 0.380 e. The molecule has 0 bridgehead atoms. The molecule has 2 heteroatoms. The summed E-state index contributed by atoms with van der Waals surface area (Å²) in [5.41, 5.74) is 0. The zero-order chi connectivity index (χ0) is 9.40. The van der Waals surface area contributed by atoms with Crippen molar-refractivity contribution >= 4 is 0 Å². The summed E-state index contributed by atoms with van der Waals surface area (Å²) in [5, 5.41) is 3.35. The molecule has 0 fully saturated rings. The maximum Gasteiger partial charge on any atom is 0.0667 e. The second kappa shape index (κ2) is 7.15. The minimum absolute atomic E-state index is 0.261. The van der Waals surface area contributed by atoms with E-state index in [9.17, 15) is 0 Å². The first-order valence-corrected chi connectivity index (χ1v) is 4.44. The van der Waals surface area contributed by atoms with Crippen LogP contribution in [0.3, 0.4) is 0 Å². The Morgan fingerprint density at radius 3 is 2.67 bits per heavy atom. The van der Waals surface area contributed by atoms with Gasteiger partial charge in [-0.05, 0) is 13.3 Å². The Morgan fingerprint density at radius 2 is 2.25 bits per heavy atom. The molecule has 12 heavy (non-hydrogen) atoms. The van der Waals surface area contributed by atoms with Crippen LogP contribution in [-0.2, 0) is 4.74 Å². The molecule has 0 aromatic rings. The molecule has 2 unspecified atom stereocenters. The summed E-state index contributed by atoms with van der Waals surface area (Å²) in [5.74, 6) is 2.66. The summed E-state index contributed by atoms with van der Waals surface area (Å²) < 4.78 is 5.11. The van der Waals surface area contributed by atoms with Crippen molar-refractivity contribution < 1.29 is 4.74 Å². The molecule has 2 nitrogen and oxygen atoms in total. The molecular formula is C10H19NO. The summed E-state index contributed by atoms with van der Waals surface area (Å²) in [6.45, 7) is 5.04. The number of hydrogen-bond donors (Lipinski definition) is 1. The monoisotopic (exact) mass is 169 g/mol. The van der Waals surface area contributed by atoms with Crippen LogP contribution in [-0.4, -0.2) is 25.8 Å². The smallest absolute Gasteiger partial charge is 0.0667 e. The molecule has 0 rings (SSSR count). The van der Waals surface area contributed by atoms with E-state index in [2.05, 4.69) is 18.2 Å². The van der Waals surface area contributed by atoms with Crippen molar-refractivity contribution in [3.05, 3.63) is 0 Å². The molecule has 0 aromatic carbocycles. The molecule has 70 valence electrons. The molecule has 0 aliphatic carbocycles. The minimum atomic E-state index is 0.261. The van der Waals surface area contributed by atoms with Gasteiger partial charge in [-0.3, -0.25) is 0 Å². The Balaban J connectivity index is 3.51. The Morgan fingerprint density at radius 1 is 1.58 bits per heavy atom. The van der Waals surface area contributed by atoms with Crippen LogP contribution < -0.4 is 5.32 Å². The number of rotatable bonds is 6. The molecule has 0 amide bonds. The lowest BCUT2D eigenvalue weighted by Gasteiger charge is -2.17. The fourth-order valence-corrected chi connectivity index (χ4v) is 0.919. The number of ether oxygens (including phenoxy) is 1. The van der Waals surface area contributed by atoms with Gasteiger partial charge in [0.05, 0.1) is 6.10 Å². The fraction of sp³-hybridized carbons (Fsp3) is 0.800. The highest BCUT2D eigenvalue weighted by molar-refractivity contribution is 4.89. The Hall–Kier alpha value is -0.520. The first kappa shape index (κ1) is 11.5. The fourth-order valence-electron chi connectivity index (χ4n) is 0.919. The van der Waals surface area contributed by atoms with Gasteiger partial charge in [0.1, 0.15) is 0 Å². The highest BCUT2D eigenvalue weighted by atomic mass is 16.5. The third-order valence-electron chi connectivity index (χ3n) is 1.95. The summed E-state index contributed by atoms with van der Waals surface area (Å²) in [6.07, 6.45) is 7.35. The highest BCUT2D eigenvalue weighted by Gasteiger charge is 2.05. The topological polar surface area (TPSA) is 21.3 Å². The SMILES string of the molecule is C#CCC(CC)NCC(C)OC. The first-order valence-electron chi connectivity index (χ1n) is 4.44. The van der Waals surface area contributed by atoms with Crippen molar-refractivity contribution in [2.75, 3.05) is 13.7 Å². The molecule has 0 saturated carbocycles. The third-order valence-corrected chi connectivity index (χ3v) is 1.95. The summed E-state index contributed by atoms with van der Waals surface area (Å²) in [7, 11) is 1.72. The van der Waals surface area contributed by atoms with Crippen LogP contribution >= 0.6 is 0 Å². The summed E-state index contributed by atoms with van der Waals surface area (Å²) in [6, 6.07) is 0.438. The second-order valence-electron chi connectivity index (χ2n) is 2.97. The first-order chi connectivity index (χ1) is 5.74. The average Bonchev–Trinajstić information content (AvgIpc) is 2.11. The van der Waals surface area contributed by atoms with Crippen molar-refractivity contribution in [2.24, 2.45) is 0 Å². The van der Waals surface area contributed by atoms with Crippen molar-refractivity contribution in [1.29, 1.82) is 0 Å². The minimum Gasteiger partial charge on any atom is -0.380 e. The maximum atomic E-state index is 5.22. The lowest BCUT2D eigenvalue weighted by atomic mass is 10.1. The maximum absolute atomic E-state index is 5.22. The predicted octanol–water partition coefficient (Wildman–Crippen LogP) is 1.41. The molecule has 0 aliphatic rings. The highest BCUT2D eigenvalue weighted by Crippen LogP contribution is 1.96. The molecule has 1 N–H and O–H groups in total. The lowest BCUT2D eigenvalue weighted by molar-refractivity contribution is 0.114. The van der Waals surface area contributed by atoms with E-state index in [-0.39, 0.29) is 6.10 Å². The average molecular weight is 169 g/mol. The van der Waals surface area contributed by atoms with E-state index in [1.807, 2.05) is 6.92 Å². The van der Waals surface area contributed by atoms with Gasteiger partial charge >= 0.3 is 0 Å². The van der Waals surface area contributed by atoms with Crippen LogP contribution in [0.15, 0.2) is 0 Å². The zero-order valence-electron chi connectivity index (χ0n) is 8.26. The van der Waals surface area contributed by atoms with Crippen LogP contribution in [0, 0.1) is 12.3 Å². The third kappa shape index (κ3) is 5.17. The molecule has 0 aliphatic heterocycles. The van der Waals surface area contributed by atoms with Crippen molar-refractivity contribution in [3.63, 3.8) is 0 Å².